The Bertz CT molecular complexity index is 518. The maximum Gasteiger partial charge on any atom is 0.240 e. The van der Waals surface area contributed by atoms with Crippen molar-refractivity contribution in [1.82, 2.24) is 14.5 Å². The number of pyridine rings is 1. The number of nitrogens with zero attached hydrogens (tertiary/aromatic N) is 3. The average Bonchev–Trinajstić information content (AvgIpc) is 2.52. The Hall–Kier alpha value is -2.11. The number of rotatable bonds is 2. The van der Waals surface area contributed by atoms with Gasteiger partial charge in [-0.25, -0.2) is 9.97 Å². The fourth-order valence-electron chi connectivity index (χ4n) is 1.46. The molecule has 1 amide bonds. The van der Waals surface area contributed by atoms with Crippen LogP contribution in [-0.2, 0) is 4.79 Å². The van der Waals surface area contributed by atoms with E-state index in [0.29, 0.717) is 11.2 Å². The Morgan fingerprint density at radius 2 is 2.33 bits per heavy atom. The van der Waals surface area contributed by atoms with Gasteiger partial charge in [-0.3, -0.25) is 9.36 Å². The number of nitrogen functional groups attached to an aromatic ring is 1. The number of carbonyl (C=O) groups excluding carboxylic acids is 1. The predicted molar refractivity (Wildman–Crippen MR) is 55.8 cm³/mol. The van der Waals surface area contributed by atoms with Crippen LogP contribution in [0.3, 0.4) is 0 Å². The number of nitrogens with two attached hydrogens (primary N) is 2. The third-order valence-corrected chi connectivity index (χ3v) is 2.28. The number of carbonyl (C=O) groups is 1. The number of amides is 1. The summed E-state index contributed by atoms with van der Waals surface area (Å²) in [7, 11) is 0. The van der Waals surface area contributed by atoms with Crippen LogP contribution in [0.4, 0.5) is 5.95 Å². The van der Waals surface area contributed by atoms with Crippen LogP contribution in [0.5, 0.6) is 0 Å². The van der Waals surface area contributed by atoms with Crippen LogP contribution < -0.4 is 11.5 Å². The van der Waals surface area contributed by atoms with E-state index < -0.39 is 11.9 Å². The van der Waals surface area contributed by atoms with Gasteiger partial charge in [0.1, 0.15) is 11.6 Å². The molecule has 1 unspecified atom stereocenters. The lowest BCUT2D eigenvalue weighted by atomic mass is 10.3. The van der Waals surface area contributed by atoms with Gasteiger partial charge in [0, 0.05) is 6.20 Å². The molecule has 0 radical (unpaired) electrons. The molecule has 0 aliphatic rings. The van der Waals surface area contributed by atoms with E-state index in [0.717, 1.165) is 0 Å². The normalized spacial score (nSPS) is 12.9. The summed E-state index contributed by atoms with van der Waals surface area (Å²) < 4.78 is 1.53. The number of imidazole rings is 1. The van der Waals surface area contributed by atoms with Crippen LogP contribution >= 0.6 is 0 Å². The zero-order valence-electron chi connectivity index (χ0n) is 8.21. The van der Waals surface area contributed by atoms with Gasteiger partial charge in [0.2, 0.25) is 11.9 Å². The second-order valence-electron chi connectivity index (χ2n) is 3.26. The molecule has 2 heterocycles. The van der Waals surface area contributed by atoms with Gasteiger partial charge in [-0.2, -0.15) is 0 Å². The lowest BCUT2D eigenvalue weighted by Crippen LogP contribution is -2.25. The zero-order valence-corrected chi connectivity index (χ0v) is 8.21. The first kappa shape index (κ1) is 9.45. The van der Waals surface area contributed by atoms with Crippen molar-refractivity contribution in [2.45, 2.75) is 13.0 Å². The molecule has 4 N–H and O–H groups in total. The van der Waals surface area contributed by atoms with E-state index in [-0.39, 0.29) is 5.95 Å². The van der Waals surface area contributed by atoms with Crippen molar-refractivity contribution in [2.75, 3.05) is 5.73 Å². The predicted octanol–water partition coefficient (Wildman–Crippen LogP) is 0.0598. The van der Waals surface area contributed by atoms with Gasteiger partial charge in [-0.05, 0) is 19.1 Å². The lowest BCUT2D eigenvalue weighted by molar-refractivity contribution is -0.120. The van der Waals surface area contributed by atoms with Gasteiger partial charge >= 0.3 is 0 Å². The van der Waals surface area contributed by atoms with E-state index in [9.17, 15) is 4.79 Å². The second kappa shape index (κ2) is 3.23. The average molecular weight is 205 g/mol. The standard InChI is InChI=1S/C9H11N5O/c1-5(7(10)15)14-8-6(13-9(14)11)3-2-4-12-8/h2-5H,1H3,(H2,10,15)(H2,11,13). The topological polar surface area (TPSA) is 99.8 Å². The Kier molecular flexibility index (Phi) is 2.03. The molecule has 78 valence electrons. The van der Waals surface area contributed by atoms with Crippen molar-refractivity contribution < 1.29 is 4.79 Å². The van der Waals surface area contributed by atoms with E-state index in [1.165, 1.54) is 4.57 Å². The van der Waals surface area contributed by atoms with Crippen LogP contribution in [0.2, 0.25) is 0 Å². The molecule has 0 aliphatic carbocycles. The van der Waals surface area contributed by atoms with Gasteiger partial charge < -0.3 is 11.5 Å². The SMILES string of the molecule is CC(C(N)=O)n1c(N)nc2cccnc21. The highest BCUT2D eigenvalue weighted by Crippen LogP contribution is 2.19. The van der Waals surface area contributed by atoms with Crippen LogP contribution in [-0.4, -0.2) is 20.4 Å². The molecule has 6 nitrogen and oxygen atoms in total. The first-order chi connectivity index (χ1) is 7.11. The molecule has 15 heavy (non-hydrogen) atoms. The molecule has 6 heteroatoms. The van der Waals surface area contributed by atoms with Crippen molar-refractivity contribution in [3.63, 3.8) is 0 Å². The summed E-state index contributed by atoms with van der Waals surface area (Å²) in [6, 6.07) is 2.99. The fraction of sp³-hybridized carbons (Fsp3) is 0.222. The van der Waals surface area contributed by atoms with Gasteiger partial charge in [0.25, 0.3) is 0 Å². The van der Waals surface area contributed by atoms with Crippen molar-refractivity contribution in [3.8, 4) is 0 Å². The highest BCUT2D eigenvalue weighted by atomic mass is 16.1. The number of hydrogen-bond acceptors (Lipinski definition) is 4. The molecule has 0 saturated heterocycles. The summed E-state index contributed by atoms with van der Waals surface area (Å²) in [5, 5.41) is 0. The number of anilines is 1. The number of fused-ring (bicyclic) bond motifs is 1. The fourth-order valence-corrected chi connectivity index (χ4v) is 1.46. The van der Waals surface area contributed by atoms with Gasteiger partial charge in [-0.15, -0.1) is 0 Å². The first-order valence-corrected chi connectivity index (χ1v) is 4.49. The van der Waals surface area contributed by atoms with Crippen LogP contribution in [0.1, 0.15) is 13.0 Å². The highest BCUT2D eigenvalue weighted by molar-refractivity contribution is 5.82. The summed E-state index contributed by atoms with van der Waals surface area (Å²) in [6.07, 6.45) is 1.62. The molecule has 2 aromatic rings. The molecule has 2 rings (SSSR count). The molecule has 0 aliphatic heterocycles. The summed E-state index contributed by atoms with van der Waals surface area (Å²) in [6.45, 7) is 1.66. The number of primary amides is 1. The monoisotopic (exact) mass is 205 g/mol. The second-order valence-corrected chi connectivity index (χ2v) is 3.26. The minimum Gasteiger partial charge on any atom is -0.369 e. The van der Waals surface area contributed by atoms with Crippen molar-refractivity contribution in [3.05, 3.63) is 18.3 Å². The van der Waals surface area contributed by atoms with Crippen LogP contribution in [0.15, 0.2) is 18.3 Å². The maximum atomic E-state index is 11.1. The molecule has 0 saturated carbocycles. The molecule has 0 aromatic carbocycles. The largest absolute Gasteiger partial charge is 0.369 e. The highest BCUT2D eigenvalue weighted by Gasteiger charge is 2.18. The summed E-state index contributed by atoms with van der Waals surface area (Å²) in [5.41, 5.74) is 12.1. The molecule has 0 spiro atoms. The van der Waals surface area contributed by atoms with E-state index in [1.807, 2.05) is 0 Å². The summed E-state index contributed by atoms with van der Waals surface area (Å²) >= 11 is 0. The lowest BCUT2D eigenvalue weighted by Gasteiger charge is -2.10. The first-order valence-electron chi connectivity index (χ1n) is 4.49. The van der Waals surface area contributed by atoms with E-state index >= 15 is 0 Å². The molecule has 2 aromatic heterocycles. The minimum absolute atomic E-state index is 0.245. The molecule has 1 atom stereocenters. The van der Waals surface area contributed by atoms with Crippen molar-refractivity contribution in [1.29, 1.82) is 0 Å². The Morgan fingerprint density at radius 1 is 1.60 bits per heavy atom. The van der Waals surface area contributed by atoms with Gasteiger partial charge in [-0.1, -0.05) is 0 Å². The zero-order chi connectivity index (χ0) is 11.0. The maximum absolute atomic E-state index is 11.1. The third-order valence-electron chi connectivity index (χ3n) is 2.28. The van der Waals surface area contributed by atoms with E-state index in [4.69, 9.17) is 11.5 Å². The molecular weight excluding hydrogens is 194 g/mol. The van der Waals surface area contributed by atoms with Crippen LogP contribution in [0.25, 0.3) is 11.2 Å². The minimum atomic E-state index is -0.551. The number of hydrogen-bond donors (Lipinski definition) is 2. The third kappa shape index (κ3) is 1.39. The Morgan fingerprint density at radius 3 is 3.00 bits per heavy atom. The van der Waals surface area contributed by atoms with E-state index in [2.05, 4.69) is 9.97 Å². The molecule has 0 fully saturated rings. The van der Waals surface area contributed by atoms with E-state index in [1.54, 1.807) is 25.3 Å². The Labute approximate surface area is 85.9 Å². The summed E-state index contributed by atoms with van der Waals surface area (Å²) in [4.78, 5) is 19.3. The van der Waals surface area contributed by atoms with Crippen molar-refractivity contribution in [2.24, 2.45) is 5.73 Å². The quantitative estimate of drug-likeness (QED) is 0.723. The smallest absolute Gasteiger partial charge is 0.240 e. The van der Waals surface area contributed by atoms with Crippen LogP contribution in [0, 0.1) is 0 Å². The Balaban J connectivity index is 2.68. The molecule has 0 bridgehead atoms. The summed E-state index contributed by atoms with van der Waals surface area (Å²) in [5.74, 6) is -0.221. The van der Waals surface area contributed by atoms with Gasteiger partial charge in [0.05, 0.1) is 0 Å². The number of aromatic nitrogens is 3. The van der Waals surface area contributed by atoms with Gasteiger partial charge in [0.15, 0.2) is 5.65 Å². The molecular formula is C9H11N5O. The van der Waals surface area contributed by atoms with Crippen molar-refractivity contribution >= 4 is 23.0 Å².